The SMILES string of the molecule is CNc1nc(C)ncc1CN1CC=C(c2cccnc2)CC1. The van der Waals surface area contributed by atoms with E-state index in [4.69, 9.17) is 0 Å². The maximum absolute atomic E-state index is 4.45. The minimum atomic E-state index is 0.797. The van der Waals surface area contributed by atoms with Crippen LogP contribution in [-0.2, 0) is 6.54 Å². The summed E-state index contributed by atoms with van der Waals surface area (Å²) >= 11 is 0. The maximum atomic E-state index is 4.45. The molecule has 0 spiro atoms. The van der Waals surface area contributed by atoms with Gasteiger partial charge in [0.25, 0.3) is 0 Å². The van der Waals surface area contributed by atoms with E-state index in [9.17, 15) is 0 Å². The second-order valence-electron chi connectivity index (χ2n) is 5.50. The van der Waals surface area contributed by atoms with Crippen molar-refractivity contribution in [2.45, 2.75) is 19.9 Å². The molecule has 22 heavy (non-hydrogen) atoms. The monoisotopic (exact) mass is 295 g/mol. The summed E-state index contributed by atoms with van der Waals surface area (Å²) in [5.41, 5.74) is 3.77. The van der Waals surface area contributed by atoms with Gasteiger partial charge in [-0.05, 0) is 30.5 Å². The zero-order valence-electron chi connectivity index (χ0n) is 13.1. The summed E-state index contributed by atoms with van der Waals surface area (Å²) in [7, 11) is 1.90. The van der Waals surface area contributed by atoms with Gasteiger partial charge >= 0.3 is 0 Å². The van der Waals surface area contributed by atoms with Gasteiger partial charge in [0.2, 0.25) is 0 Å². The van der Waals surface area contributed by atoms with Crippen LogP contribution in [0.4, 0.5) is 5.82 Å². The Labute approximate surface area is 131 Å². The van der Waals surface area contributed by atoms with Crippen molar-refractivity contribution in [2.24, 2.45) is 0 Å². The quantitative estimate of drug-likeness (QED) is 0.939. The van der Waals surface area contributed by atoms with Gasteiger partial charge in [0.15, 0.2) is 0 Å². The van der Waals surface area contributed by atoms with E-state index in [2.05, 4.69) is 37.3 Å². The second kappa shape index (κ2) is 6.66. The number of rotatable bonds is 4. The van der Waals surface area contributed by atoms with Crippen molar-refractivity contribution >= 4 is 11.4 Å². The van der Waals surface area contributed by atoms with Crippen LogP contribution in [0.5, 0.6) is 0 Å². The van der Waals surface area contributed by atoms with Crippen molar-refractivity contribution in [1.82, 2.24) is 19.9 Å². The molecule has 5 heteroatoms. The van der Waals surface area contributed by atoms with E-state index in [-0.39, 0.29) is 0 Å². The summed E-state index contributed by atoms with van der Waals surface area (Å²) in [5.74, 6) is 1.72. The molecule has 0 saturated carbocycles. The van der Waals surface area contributed by atoms with Crippen molar-refractivity contribution in [2.75, 3.05) is 25.5 Å². The average molecular weight is 295 g/mol. The molecular weight excluding hydrogens is 274 g/mol. The fraction of sp³-hybridized carbons (Fsp3) is 0.353. The van der Waals surface area contributed by atoms with E-state index in [1.165, 1.54) is 11.1 Å². The normalized spacial score (nSPS) is 15.5. The number of hydrogen-bond acceptors (Lipinski definition) is 5. The molecule has 0 bridgehead atoms. The number of nitrogens with one attached hydrogen (secondary N) is 1. The standard InChI is InChI=1S/C17H21N5/c1-13-20-11-16(17(18-2)21-13)12-22-8-5-14(6-9-22)15-4-3-7-19-10-15/h3-5,7,10-11H,6,8-9,12H2,1-2H3,(H,18,20,21). The summed E-state index contributed by atoms with van der Waals surface area (Å²) in [5, 5.41) is 3.16. The summed E-state index contributed by atoms with van der Waals surface area (Å²) in [4.78, 5) is 15.4. The molecule has 5 nitrogen and oxygen atoms in total. The van der Waals surface area contributed by atoms with Crippen LogP contribution in [0.2, 0.25) is 0 Å². The van der Waals surface area contributed by atoms with Crippen LogP contribution in [0.1, 0.15) is 23.4 Å². The van der Waals surface area contributed by atoms with Crippen LogP contribution >= 0.6 is 0 Å². The minimum absolute atomic E-state index is 0.797. The van der Waals surface area contributed by atoms with Crippen molar-refractivity contribution in [1.29, 1.82) is 0 Å². The molecule has 114 valence electrons. The van der Waals surface area contributed by atoms with E-state index in [0.29, 0.717) is 0 Å². The predicted octanol–water partition coefficient (Wildman–Crippen LogP) is 2.51. The fourth-order valence-corrected chi connectivity index (χ4v) is 2.74. The zero-order valence-corrected chi connectivity index (χ0v) is 13.1. The Morgan fingerprint density at radius 1 is 1.32 bits per heavy atom. The van der Waals surface area contributed by atoms with Crippen LogP contribution in [0, 0.1) is 6.92 Å². The largest absolute Gasteiger partial charge is 0.373 e. The van der Waals surface area contributed by atoms with Crippen LogP contribution in [0.25, 0.3) is 5.57 Å². The number of aryl methyl sites for hydroxylation is 1. The highest BCUT2D eigenvalue weighted by Gasteiger charge is 2.15. The third-order valence-electron chi connectivity index (χ3n) is 3.94. The Morgan fingerprint density at radius 3 is 2.91 bits per heavy atom. The lowest BCUT2D eigenvalue weighted by Crippen LogP contribution is -2.28. The van der Waals surface area contributed by atoms with Gasteiger partial charge in [-0.3, -0.25) is 9.88 Å². The van der Waals surface area contributed by atoms with Crippen LogP contribution < -0.4 is 5.32 Å². The maximum Gasteiger partial charge on any atom is 0.133 e. The first-order chi connectivity index (χ1) is 10.8. The number of anilines is 1. The molecule has 3 rings (SSSR count). The molecule has 2 aromatic heterocycles. The predicted molar refractivity (Wildman–Crippen MR) is 88.4 cm³/mol. The highest BCUT2D eigenvalue weighted by atomic mass is 15.1. The molecule has 0 aromatic carbocycles. The third-order valence-corrected chi connectivity index (χ3v) is 3.94. The first-order valence-electron chi connectivity index (χ1n) is 7.58. The molecule has 0 amide bonds. The molecule has 2 aromatic rings. The molecule has 1 aliphatic rings. The van der Waals surface area contributed by atoms with E-state index in [0.717, 1.165) is 43.3 Å². The Bertz CT molecular complexity index is 666. The molecule has 3 heterocycles. The van der Waals surface area contributed by atoms with E-state index < -0.39 is 0 Å². The Morgan fingerprint density at radius 2 is 2.23 bits per heavy atom. The summed E-state index contributed by atoms with van der Waals surface area (Å²) in [6.07, 6.45) is 9.03. The van der Waals surface area contributed by atoms with Gasteiger partial charge < -0.3 is 5.32 Å². The van der Waals surface area contributed by atoms with Gasteiger partial charge in [-0.2, -0.15) is 0 Å². The molecule has 0 atom stereocenters. The Kier molecular flexibility index (Phi) is 4.44. The molecule has 1 N–H and O–H groups in total. The lowest BCUT2D eigenvalue weighted by molar-refractivity contribution is 0.293. The smallest absolute Gasteiger partial charge is 0.133 e. The number of nitrogens with zero attached hydrogens (tertiary/aromatic N) is 4. The topological polar surface area (TPSA) is 53.9 Å². The third kappa shape index (κ3) is 3.31. The summed E-state index contributed by atoms with van der Waals surface area (Å²) in [6.45, 7) is 4.76. The van der Waals surface area contributed by atoms with Crippen molar-refractivity contribution < 1.29 is 0 Å². The lowest BCUT2D eigenvalue weighted by Gasteiger charge is -2.26. The number of hydrogen-bond donors (Lipinski definition) is 1. The fourth-order valence-electron chi connectivity index (χ4n) is 2.74. The first-order valence-corrected chi connectivity index (χ1v) is 7.58. The van der Waals surface area contributed by atoms with E-state index in [1.807, 2.05) is 38.6 Å². The average Bonchev–Trinajstić information content (AvgIpc) is 2.58. The Hall–Kier alpha value is -2.27. The molecule has 1 aliphatic heterocycles. The van der Waals surface area contributed by atoms with E-state index >= 15 is 0 Å². The van der Waals surface area contributed by atoms with Gasteiger partial charge in [0.1, 0.15) is 11.6 Å². The lowest BCUT2D eigenvalue weighted by atomic mass is 10.0. The second-order valence-corrected chi connectivity index (χ2v) is 5.50. The van der Waals surface area contributed by atoms with Crippen molar-refractivity contribution in [3.05, 3.63) is 53.8 Å². The van der Waals surface area contributed by atoms with Crippen molar-refractivity contribution in [3.8, 4) is 0 Å². The number of pyridine rings is 1. The van der Waals surface area contributed by atoms with E-state index in [1.54, 1.807) is 0 Å². The molecule has 0 radical (unpaired) electrons. The summed E-state index contributed by atoms with van der Waals surface area (Å²) < 4.78 is 0. The molecule has 0 aliphatic carbocycles. The van der Waals surface area contributed by atoms with Gasteiger partial charge in [-0.15, -0.1) is 0 Å². The highest BCUT2D eigenvalue weighted by molar-refractivity contribution is 5.65. The van der Waals surface area contributed by atoms with Gasteiger partial charge in [-0.25, -0.2) is 9.97 Å². The molecule has 0 fully saturated rings. The molecule has 0 saturated heterocycles. The zero-order chi connectivity index (χ0) is 15.4. The first kappa shape index (κ1) is 14.7. The summed E-state index contributed by atoms with van der Waals surface area (Å²) in [6, 6.07) is 4.12. The van der Waals surface area contributed by atoms with Gasteiger partial charge in [0, 0.05) is 50.8 Å². The molecule has 0 unspecified atom stereocenters. The van der Waals surface area contributed by atoms with Crippen LogP contribution in [0.3, 0.4) is 0 Å². The Balaban J connectivity index is 1.68. The van der Waals surface area contributed by atoms with Crippen LogP contribution in [-0.4, -0.2) is 40.0 Å². The highest BCUT2D eigenvalue weighted by Crippen LogP contribution is 2.23. The molecular formula is C17H21N5. The van der Waals surface area contributed by atoms with Crippen molar-refractivity contribution in [3.63, 3.8) is 0 Å². The van der Waals surface area contributed by atoms with Crippen LogP contribution in [0.15, 0.2) is 36.8 Å². The van der Waals surface area contributed by atoms with Gasteiger partial charge in [-0.1, -0.05) is 12.1 Å². The van der Waals surface area contributed by atoms with Gasteiger partial charge in [0.05, 0.1) is 0 Å². The number of aromatic nitrogens is 3. The minimum Gasteiger partial charge on any atom is -0.373 e.